The summed E-state index contributed by atoms with van der Waals surface area (Å²) in [6, 6.07) is 9.98. The van der Waals surface area contributed by atoms with E-state index in [4.69, 9.17) is 11.6 Å². The standard InChI is InChI=1S/C20H20ClF3N2O3/c1-4-29-18(28)19(20(22,23)24,25-16-9-8-12(2)10-13(16)3)26-17(27)14-6-5-7-15(21)11-14/h5-11,25H,4H2,1-3H3,(H,26,27). The molecule has 0 fully saturated rings. The first-order valence-corrected chi connectivity index (χ1v) is 9.05. The van der Waals surface area contributed by atoms with Gasteiger partial charge in [-0.05, 0) is 50.6 Å². The Balaban J connectivity index is 2.55. The molecule has 0 saturated carbocycles. The molecule has 2 rings (SSSR count). The van der Waals surface area contributed by atoms with Crippen LogP contribution < -0.4 is 10.6 Å². The van der Waals surface area contributed by atoms with Crippen molar-refractivity contribution in [1.29, 1.82) is 0 Å². The van der Waals surface area contributed by atoms with E-state index in [2.05, 4.69) is 10.1 Å². The van der Waals surface area contributed by atoms with Crippen molar-refractivity contribution in [3.63, 3.8) is 0 Å². The fourth-order valence-corrected chi connectivity index (χ4v) is 2.85. The molecule has 0 heterocycles. The van der Waals surface area contributed by atoms with Crippen molar-refractivity contribution in [2.75, 3.05) is 11.9 Å². The van der Waals surface area contributed by atoms with Crippen LogP contribution in [0.15, 0.2) is 42.5 Å². The van der Waals surface area contributed by atoms with Gasteiger partial charge in [0, 0.05) is 16.3 Å². The van der Waals surface area contributed by atoms with Crippen LogP contribution in [0.1, 0.15) is 28.4 Å². The van der Waals surface area contributed by atoms with Crippen molar-refractivity contribution in [3.05, 3.63) is 64.2 Å². The monoisotopic (exact) mass is 428 g/mol. The maximum atomic E-state index is 14.2. The molecular formula is C20H20ClF3N2O3. The topological polar surface area (TPSA) is 67.4 Å². The average Bonchev–Trinajstić information content (AvgIpc) is 2.62. The Hall–Kier alpha value is -2.74. The van der Waals surface area contributed by atoms with Crippen molar-refractivity contribution in [1.82, 2.24) is 5.32 Å². The number of nitrogens with one attached hydrogen (secondary N) is 2. The fourth-order valence-electron chi connectivity index (χ4n) is 2.66. The number of alkyl halides is 3. The maximum Gasteiger partial charge on any atom is 0.441 e. The predicted molar refractivity (Wildman–Crippen MR) is 104 cm³/mol. The van der Waals surface area contributed by atoms with E-state index in [0.717, 1.165) is 5.56 Å². The number of rotatable bonds is 6. The van der Waals surface area contributed by atoms with Crippen LogP contribution >= 0.6 is 11.6 Å². The highest BCUT2D eigenvalue weighted by Crippen LogP contribution is 2.34. The summed E-state index contributed by atoms with van der Waals surface area (Å²) < 4.78 is 47.3. The van der Waals surface area contributed by atoms with Gasteiger partial charge in [0.2, 0.25) is 0 Å². The Morgan fingerprint density at radius 3 is 2.34 bits per heavy atom. The lowest BCUT2D eigenvalue weighted by Gasteiger charge is -2.35. The van der Waals surface area contributed by atoms with Crippen LogP contribution in [0.5, 0.6) is 0 Å². The molecule has 5 nitrogen and oxygen atoms in total. The second-order valence-electron chi connectivity index (χ2n) is 6.38. The summed E-state index contributed by atoms with van der Waals surface area (Å²) in [7, 11) is 0. The van der Waals surface area contributed by atoms with Gasteiger partial charge >= 0.3 is 17.8 Å². The summed E-state index contributed by atoms with van der Waals surface area (Å²) in [4.78, 5) is 25.1. The molecule has 0 aliphatic rings. The van der Waals surface area contributed by atoms with Gasteiger partial charge in [-0.2, -0.15) is 13.2 Å². The van der Waals surface area contributed by atoms with E-state index in [1.54, 1.807) is 31.3 Å². The summed E-state index contributed by atoms with van der Waals surface area (Å²) in [6.45, 7) is 4.42. The Morgan fingerprint density at radius 1 is 1.10 bits per heavy atom. The maximum absolute atomic E-state index is 14.2. The Bertz CT molecular complexity index is 918. The summed E-state index contributed by atoms with van der Waals surface area (Å²) in [5, 5.41) is 4.10. The van der Waals surface area contributed by atoms with E-state index in [1.165, 1.54) is 37.3 Å². The molecule has 0 bridgehead atoms. The normalized spacial score (nSPS) is 13.3. The van der Waals surface area contributed by atoms with Gasteiger partial charge in [-0.25, -0.2) is 4.79 Å². The van der Waals surface area contributed by atoms with Crippen LogP contribution in [0.4, 0.5) is 18.9 Å². The highest BCUT2D eigenvalue weighted by molar-refractivity contribution is 6.31. The van der Waals surface area contributed by atoms with Gasteiger partial charge in [0.15, 0.2) is 0 Å². The van der Waals surface area contributed by atoms with E-state index >= 15 is 0 Å². The minimum Gasteiger partial charge on any atom is -0.463 e. The molecule has 2 N–H and O–H groups in total. The van der Waals surface area contributed by atoms with Gasteiger partial charge in [-0.3, -0.25) is 4.79 Å². The molecule has 0 aliphatic carbocycles. The molecule has 2 aromatic rings. The first-order valence-electron chi connectivity index (χ1n) is 8.67. The summed E-state index contributed by atoms with van der Waals surface area (Å²) >= 11 is 5.82. The number of esters is 1. The third-order valence-corrected chi connectivity index (χ3v) is 4.33. The van der Waals surface area contributed by atoms with Gasteiger partial charge in [0.25, 0.3) is 5.91 Å². The van der Waals surface area contributed by atoms with Crippen molar-refractivity contribution in [2.24, 2.45) is 0 Å². The molecule has 1 unspecified atom stereocenters. The lowest BCUT2D eigenvalue weighted by molar-refractivity contribution is -0.204. The second kappa shape index (κ2) is 8.73. The minimum absolute atomic E-state index is 0.0207. The van der Waals surface area contributed by atoms with Crippen molar-refractivity contribution in [2.45, 2.75) is 32.6 Å². The number of carbonyl (C=O) groups is 2. The number of carbonyl (C=O) groups excluding carboxylic acids is 2. The van der Waals surface area contributed by atoms with E-state index in [1.807, 2.05) is 0 Å². The lowest BCUT2D eigenvalue weighted by Crippen LogP contribution is -2.69. The highest BCUT2D eigenvalue weighted by Gasteiger charge is 2.63. The average molecular weight is 429 g/mol. The molecule has 0 spiro atoms. The number of halogens is 4. The predicted octanol–water partition coefficient (Wildman–Crippen LogP) is 4.62. The number of ether oxygens (including phenoxy) is 1. The van der Waals surface area contributed by atoms with Crippen LogP contribution in [0.25, 0.3) is 0 Å². The molecule has 9 heteroatoms. The SMILES string of the molecule is CCOC(=O)C(NC(=O)c1cccc(Cl)c1)(Nc1ccc(C)cc1C)C(F)(F)F. The zero-order chi connectivity index (χ0) is 21.8. The molecule has 29 heavy (non-hydrogen) atoms. The highest BCUT2D eigenvalue weighted by atomic mass is 35.5. The number of benzene rings is 2. The van der Waals surface area contributed by atoms with Crippen LogP contribution in [0.2, 0.25) is 5.02 Å². The van der Waals surface area contributed by atoms with E-state index in [9.17, 15) is 22.8 Å². The quantitative estimate of drug-likeness (QED) is 0.520. The zero-order valence-electron chi connectivity index (χ0n) is 16.0. The summed E-state index contributed by atoms with van der Waals surface area (Å²) in [5.74, 6) is -2.82. The Morgan fingerprint density at radius 2 is 1.79 bits per heavy atom. The van der Waals surface area contributed by atoms with Crippen LogP contribution in [0.3, 0.4) is 0 Å². The minimum atomic E-state index is -5.22. The molecule has 156 valence electrons. The third kappa shape index (κ3) is 5.00. The van der Waals surface area contributed by atoms with Crippen molar-refractivity contribution < 1.29 is 27.5 Å². The van der Waals surface area contributed by atoms with Crippen LogP contribution in [0, 0.1) is 13.8 Å². The lowest BCUT2D eigenvalue weighted by atomic mass is 10.0. The Labute approximate surface area is 171 Å². The first kappa shape index (κ1) is 22.5. The zero-order valence-corrected chi connectivity index (χ0v) is 16.7. The number of hydrogen-bond donors (Lipinski definition) is 2. The fraction of sp³-hybridized carbons (Fsp3) is 0.300. The number of hydrogen-bond acceptors (Lipinski definition) is 4. The van der Waals surface area contributed by atoms with Crippen LogP contribution in [-0.4, -0.2) is 30.3 Å². The van der Waals surface area contributed by atoms with E-state index in [-0.39, 0.29) is 22.9 Å². The number of amides is 1. The molecule has 2 aromatic carbocycles. The number of anilines is 1. The number of aryl methyl sites for hydroxylation is 2. The molecular weight excluding hydrogens is 409 g/mol. The van der Waals surface area contributed by atoms with Crippen LogP contribution in [-0.2, 0) is 9.53 Å². The molecule has 0 saturated heterocycles. The van der Waals surface area contributed by atoms with E-state index in [0.29, 0.717) is 5.56 Å². The Kier molecular flexibility index (Phi) is 6.79. The van der Waals surface area contributed by atoms with Crippen molar-refractivity contribution in [3.8, 4) is 0 Å². The molecule has 0 aliphatic heterocycles. The van der Waals surface area contributed by atoms with Gasteiger partial charge < -0.3 is 15.4 Å². The largest absolute Gasteiger partial charge is 0.463 e. The second-order valence-corrected chi connectivity index (χ2v) is 6.81. The third-order valence-electron chi connectivity index (χ3n) is 4.10. The van der Waals surface area contributed by atoms with Gasteiger partial charge in [0.05, 0.1) is 6.61 Å². The van der Waals surface area contributed by atoms with Crippen molar-refractivity contribution >= 4 is 29.2 Å². The first-order chi connectivity index (χ1) is 13.5. The smallest absolute Gasteiger partial charge is 0.441 e. The molecule has 1 amide bonds. The molecule has 1 atom stereocenters. The van der Waals surface area contributed by atoms with Gasteiger partial charge in [0.1, 0.15) is 0 Å². The summed E-state index contributed by atoms with van der Waals surface area (Å²) in [5.41, 5.74) is -2.34. The molecule has 0 radical (unpaired) electrons. The summed E-state index contributed by atoms with van der Waals surface area (Å²) in [6.07, 6.45) is -5.22. The van der Waals surface area contributed by atoms with Gasteiger partial charge in [-0.15, -0.1) is 0 Å². The van der Waals surface area contributed by atoms with E-state index < -0.39 is 23.7 Å². The molecule has 0 aromatic heterocycles. The van der Waals surface area contributed by atoms with Gasteiger partial charge in [-0.1, -0.05) is 35.4 Å².